The van der Waals surface area contributed by atoms with Crippen molar-refractivity contribution in [3.63, 3.8) is 0 Å². The van der Waals surface area contributed by atoms with Crippen LogP contribution in [0.2, 0.25) is 0 Å². The number of aromatic nitrogens is 2. The van der Waals surface area contributed by atoms with E-state index in [9.17, 15) is 13.2 Å². The molecular formula is C15H19F3IN5O. The molecule has 10 heteroatoms. The summed E-state index contributed by atoms with van der Waals surface area (Å²) in [6.45, 7) is 4.59. The maximum Gasteiger partial charge on any atom is 0.416 e. The Kier molecular flexibility index (Phi) is 8.13. The van der Waals surface area contributed by atoms with Crippen molar-refractivity contribution < 1.29 is 17.7 Å². The summed E-state index contributed by atoms with van der Waals surface area (Å²) in [6, 6.07) is 5.10. The first-order chi connectivity index (χ1) is 11.4. The molecular weight excluding hydrogens is 450 g/mol. The molecule has 138 valence electrons. The van der Waals surface area contributed by atoms with Crippen LogP contribution in [-0.4, -0.2) is 22.6 Å². The van der Waals surface area contributed by atoms with E-state index in [2.05, 4.69) is 25.8 Å². The topological polar surface area (TPSA) is 75.3 Å². The minimum atomic E-state index is -4.36. The van der Waals surface area contributed by atoms with Crippen molar-refractivity contribution in [2.75, 3.05) is 6.54 Å². The van der Waals surface area contributed by atoms with Gasteiger partial charge in [-0.1, -0.05) is 17.3 Å². The molecule has 0 bridgehead atoms. The quantitative estimate of drug-likeness (QED) is 0.400. The summed E-state index contributed by atoms with van der Waals surface area (Å²) in [7, 11) is 0. The van der Waals surface area contributed by atoms with Gasteiger partial charge in [-0.05, 0) is 31.5 Å². The Bertz CT molecular complexity index is 702. The molecule has 0 saturated heterocycles. The van der Waals surface area contributed by atoms with Crippen molar-refractivity contribution in [3.05, 3.63) is 47.1 Å². The molecule has 1 aromatic heterocycles. The van der Waals surface area contributed by atoms with E-state index in [4.69, 9.17) is 4.52 Å². The molecule has 0 spiro atoms. The molecule has 2 N–H and O–H groups in total. The number of guanidine groups is 1. The highest BCUT2D eigenvalue weighted by Gasteiger charge is 2.30. The molecule has 0 aliphatic rings. The number of rotatable bonds is 5. The number of alkyl halides is 3. The maximum atomic E-state index is 12.7. The highest BCUT2D eigenvalue weighted by Crippen LogP contribution is 2.29. The summed E-state index contributed by atoms with van der Waals surface area (Å²) in [6.07, 6.45) is -4.36. The zero-order valence-electron chi connectivity index (χ0n) is 13.7. The number of nitrogens with zero attached hydrogens (tertiary/aromatic N) is 3. The average molecular weight is 469 g/mol. The summed E-state index contributed by atoms with van der Waals surface area (Å²) in [4.78, 5) is 8.32. The number of halogens is 4. The summed E-state index contributed by atoms with van der Waals surface area (Å²) in [5.41, 5.74) is -0.217. The highest BCUT2D eigenvalue weighted by molar-refractivity contribution is 14.0. The van der Waals surface area contributed by atoms with E-state index in [-0.39, 0.29) is 37.1 Å². The van der Waals surface area contributed by atoms with Crippen LogP contribution in [0.3, 0.4) is 0 Å². The van der Waals surface area contributed by atoms with Gasteiger partial charge >= 0.3 is 6.18 Å². The number of benzene rings is 1. The summed E-state index contributed by atoms with van der Waals surface area (Å²) < 4.78 is 43.1. The second-order valence-electron chi connectivity index (χ2n) is 4.98. The zero-order chi connectivity index (χ0) is 17.6. The minimum absolute atomic E-state index is 0. The molecule has 0 unspecified atom stereocenters. The third kappa shape index (κ3) is 6.88. The number of aliphatic imine (C=N–C) groups is 1. The van der Waals surface area contributed by atoms with E-state index in [1.165, 1.54) is 6.07 Å². The third-order valence-electron chi connectivity index (χ3n) is 2.99. The lowest BCUT2D eigenvalue weighted by atomic mass is 10.1. The molecule has 0 amide bonds. The maximum absolute atomic E-state index is 12.7. The molecule has 0 saturated carbocycles. The van der Waals surface area contributed by atoms with Gasteiger partial charge < -0.3 is 15.2 Å². The van der Waals surface area contributed by atoms with Crippen molar-refractivity contribution in [1.29, 1.82) is 0 Å². The van der Waals surface area contributed by atoms with Gasteiger partial charge in [0.1, 0.15) is 0 Å². The SMILES string of the molecule is CCNC(=NCc1cccc(C(F)(F)F)c1)NCc1nc(C)no1.I. The molecule has 0 aliphatic heterocycles. The highest BCUT2D eigenvalue weighted by atomic mass is 127. The van der Waals surface area contributed by atoms with Crippen LogP contribution in [-0.2, 0) is 19.3 Å². The van der Waals surface area contributed by atoms with Crippen molar-refractivity contribution in [2.45, 2.75) is 33.1 Å². The van der Waals surface area contributed by atoms with Gasteiger partial charge in [-0.15, -0.1) is 24.0 Å². The molecule has 1 heterocycles. The molecule has 0 radical (unpaired) electrons. The van der Waals surface area contributed by atoms with Crippen LogP contribution < -0.4 is 10.6 Å². The van der Waals surface area contributed by atoms with Gasteiger partial charge in [0.15, 0.2) is 11.8 Å². The zero-order valence-corrected chi connectivity index (χ0v) is 16.1. The minimum Gasteiger partial charge on any atom is -0.357 e. The fourth-order valence-corrected chi connectivity index (χ4v) is 1.93. The number of hydrogen-bond donors (Lipinski definition) is 2. The number of nitrogens with one attached hydrogen (secondary N) is 2. The lowest BCUT2D eigenvalue weighted by Crippen LogP contribution is -2.36. The molecule has 1 aromatic carbocycles. The molecule has 6 nitrogen and oxygen atoms in total. The summed E-state index contributed by atoms with van der Waals surface area (Å²) in [5, 5.41) is 9.66. The Morgan fingerprint density at radius 1 is 1.28 bits per heavy atom. The van der Waals surface area contributed by atoms with Gasteiger partial charge in [-0.25, -0.2) is 4.99 Å². The second kappa shape index (κ2) is 9.59. The van der Waals surface area contributed by atoms with Gasteiger partial charge in [0, 0.05) is 6.54 Å². The van der Waals surface area contributed by atoms with Crippen LogP contribution in [0.15, 0.2) is 33.8 Å². The summed E-state index contributed by atoms with van der Waals surface area (Å²) >= 11 is 0. The predicted octanol–water partition coefficient (Wildman–Crippen LogP) is 3.27. The Hall–Kier alpha value is -1.85. The van der Waals surface area contributed by atoms with Crippen molar-refractivity contribution in [2.24, 2.45) is 4.99 Å². The van der Waals surface area contributed by atoms with Gasteiger partial charge in [0.2, 0.25) is 5.89 Å². The molecule has 0 aliphatic carbocycles. The normalized spacial score (nSPS) is 11.8. The van der Waals surface area contributed by atoms with Crippen molar-refractivity contribution in [1.82, 2.24) is 20.8 Å². The van der Waals surface area contributed by atoms with Gasteiger partial charge in [0.05, 0.1) is 18.7 Å². The molecule has 2 rings (SSSR count). The average Bonchev–Trinajstić information content (AvgIpc) is 2.95. The van der Waals surface area contributed by atoms with Crippen LogP contribution in [0.25, 0.3) is 0 Å². The largest absolute Gasteiger partial charge is 0.416 e. The van der Waals surface area contributed by atoms with Crippen LogP contribution in [0.5, 0.6) is 0 Å². The van der Waals surface area contributed by atoms with Gasteiger partial charge in [-0.2, -0.15) is 18.2 Å². The van der Waals surface area contributed by atoms with Gasteiger partial charge in [-0.3, -0.25) is 0 Å². The van der Waals surface area contributed by atoms with E-state index in [1.54, 1.807) is 13.0 Å². The van der Waals surface area contributed by atoms with Crippen LogP contribution in [0.1, 0.15) is 29.8 Å². The Balaban J connectivity index is 0.00000312. The van der Waals surface area contributed by atoms with Crippen LogP contribution in [0, 0.1) is 6.92 Å². The number of aryl methyl sites for hydroxylation is 1. The van der Waals surface area contributed by atoms with Crippen molar-refractivity contribution in [3.8, 4) is 0 Å². The summed E-state index contributed by atoms with van der Waals surface area (Å²) in [5.74, 6) is 1.38. The smallest absolute Gasteiger partial charge is 0.357 e. The first-order valence-corrected chi connectivity index (χ1v) is 7.36. The standard InChI is InChI=1S/C15H18F3N5O.HI/c1-3-19-14(21-9-13-22-10(2)23-24-13)20-8-11-5-4-6-12(7-11)15(16,17)18;/h4-7H,3,8-9H2,1-2H3,(H2,19,20,21);1H. The Morgan fingerprint density at radius 2 is 2.04 bits per heavy atom. The molecule has 0 fully saturated rings. The van der Waals surface area contributed by atoms with E-state index in [0.717, 1.165) is 12.1 Å². The fraction of sp³-hybridized carbons (Fsp3) is 0.400. The number of hydrogen-bond acceptors (Lipinski definition) is 4. The third-order valence-corrected chi connectivity index (χ3v) is 2.99. The first kappa shape index (κ1) is 21.2. The Morgan fingerprint density at radius 3 is 2.64 bits per heavy atom. The monoisotopic (exact) mass is 469 g/mol. The van der Waals surface area contributed by atoms with E-state index in [1.807, 2.05) is 6.92 Å². The van der Waals surface area contributed by atoms with E-state index >= 15 is 0 Å². The van der Waals surface area contributed by atoms with Crippen molar-refractivity contribution >= 4 is 29.9 Å². The van der Waals surface area contributed by atoms with E-state index < -0.39 is 11.7 Å². The van der Waals surface area contributed by atoms with Crippen LogP contribution in [0.4, 0.5) is 13.2 Å². The first-order valence-electron chi connectivity index (χ1n) is 7.36. The van der Waals surface area contributed by atoms with E-state index in [0.29, 0.717) is 29.8 Å². The van der Waals surface area contributed by atoms with Gasteiger partial charge in [0.25, 0.3) is 0 Å². The lowest BCUT2D eigenvalue weighted by Gasteiger charge is -2.10. The fourth-order valence-electron chi connectivity index (χ4n) is 1.93. The predicted molar refractivity (Wildman–Crippen MR) is 97.5 cm³/mol. The second-order valence-corrected chi connectivity index (χ2v) is 4.98. The molecule has 25 heavy (non-hydrogen) atoms. The molecule has 0 atom stereocenters. The Labute approximate surface area is 160 Å². The van der Waals surface area contributed by atoms with Crippen LogP contribution >= 0.6 is 24.0 Å². The lowest BCUT2D eigenvalue weighted by molar-refractivity contribution is -0.137. The molecule has 2 aromatic rings.